The number of aryl methyl sites for hydroxylation is 4. The fraction of sp³-hybridized carbons (Fsp3) is 0.470. The minimum atomic E-state index is -0.859. The summed E-state index contributed by atoms with van der Waals surface area (Å²) in [6, 6.07) is 49.8. The van der Waals surface area contributed by atoms with E-state index < -0.39 is 108 Å². The topological polar surface area (TPSA) is 526 Å². The van der Waals surface area contributed by atoms with Gasteiger partial charge in [0.2, 0.25) is 0 Å². The van der Waals surface area contributed by atoms with Crippen molar-refractivity contribution in [3.63, 3.8) is 0 Å². The van der Waals surface area contributed by atoms with E-state index in [0.29, 0.717) is 29.9 Å². The normalized spacial score (nSPS) is 11.3. The predicted octanol–water partition coefficient (Wildman–Crippen LogP) is 29.7. The summed E-state index contributed by atoms with van der Waals surface area (Å²) in [5.41, 5.74) is 16.1. The van der Waals surface area contributed by atoms with Crippen LogP contribution in [0.4, 0.5) is 0 Å². The number of hydrogen-bond acceptors (Lipinski definition) is 9. The van der Waals surface area contributed by atoms with Gasteiger partial charge in [-0.2, -0.15) is 12.0 Å². The number of nitrogens with one attached hydrogen (secondary N) is 1. The summed E-state index contributed by atoms with van der Waals surface area (Å²) in [5, 5.41) is 75.5. The molecule has 0 spiro atoms. The van der Waals surface area contributed by atoms with Crippen LogP contribution >= 0.6 is 75.3 Å². The van der Waals surface area contributed by atoms with E-state index in [1.165, 1.54) is 83.5 Å². The zero-order valence-corrected chi connectivity index (χ0v) is 84.0. The second kappa shape index (κ2) is 98.8. The van der Waals surface area contributed by atoms with Crippen molar-refractivity contribution in [2.24, 2.45) is 11.3 Å². The summed E-state index contributed by atoms with van der Waals surface area (Å²) in [5.74, 6) is -5.05. The fourth-order valence-corrected chi connectivity index (χ4v) is 10.2. The Labute approximate surface area is 770 Å². The fourth-order valence-electron chi connectivity index (χ4n) is 10.2. The number of hydrogen-bond donors (Lipinski definition) is 9. The molecule has 690 valence electrons. The molecular weight excluding hydrogens is 2410 g/mol. The first kappa shape index (κ1) is 140. The van der Waals surface area contributed by atoms with Crippen molar-refractivity contribution >= 4 is 117 Å². The third-order valence-corrected chi connectivity index (χ3v) is 15.5. The monoisotopic (exact) mass is 2540 g/mol. The number of nitrogens with two attached hydrogens (primary N) is 6. The van der Waals surface area contributed by atoms with Crippen molar-refractivity contribution in [2.45, 2.75) is 228 Å². The molecule has 1 fully saturated rings. The Morgan fingerprint density at radius 2 is 0.644 bits per heavy atom. The van der Waals surface area contributed by atoms with E-state index in [-0.39, 0.29) is 92.7 Å². The summed E-state index contributed by atoms with van der Waals surface area (Å²) in [7, 11) is 39.0. The molecule has 7 rings (SSSR count). The Balaban J connectivity index is -0.000000106. The molecule has 0 radical (unpaired) electrons. The molecule has 0 aliphatic heterocycles. The second-order valence-electron chi connectivity index (χ2n) is 26.1. The third-order valence-electron chi connectivity index (χ3n) is 15.5. The molecule has 35 heteroatoms. The predicted molar refractivity (Wildman–Crippen MR) is 480 cm³/mol. The summed E-state index contributed by atoms with van der Waals surface area (Å²) in [4.78, 5) is 73.3. The van der Waals surface area contributed by atoms with Gasteiger partial charge in [-0.15, -0.1) is 0 Å². The number of aliphatic hydroxyl groups excluding tert-OH is 2. The molecule has 118 heavy (non-hydrogen) atoms. The zero-order valence-electron chi connectivity index (χ0n) is 68.8. The van der Waals surface area contributed by atoms with Gasteiger partial charge < -0.3 is 95.5 Å². The number of carboxylic acid groups (broad SMARTS) is 7. The summed E-state index contributed by atoms with van der Waals surface area (Å²) >= 11 is -1.89. The quantitative estimate of drug-likeness (QED) is 0.0163. The zero-order chi connectivity index (χ0) is 86.5. The first-order valence-electron chi connectivity index (χ1n) is 36.1. The molecule has 0 unspecified atom stereocenters. The Morgan fingerprint density at radius 3 is 0.814 bits per heavy atom. The van der Waals surface area contributed by atoms with E-state index in [9.17, 15) is 33.6 Å². The smallest absolute Gasteiger partial charge is 0.693 e. The molecule has 0 bridgehead atoms. The van der Waals surface area contributed by atoms with Crippen LogP contribution in [0.15, 0.2) is 158 Å². The van der Waals surface area contributed by atoms with Gasteiger partial charge in [-0.05, 0) is 91.5 Å². The largest absolute Gasteiger partial charge is 0.693 e. The van der Waals surface area contributed by atoms with Gasteiger partial charge in [0.25, 0.3) is 0 Å². The van der Waals surface area contributed by atoms with E-state index >= 15 is 0 Å². The molecule has 1 aliphatic rings. The maximum atomic E-state index is 11.0. The molecule has 2 atom stereocenters. The third kappa shape index (κ3) is 94.6. The van der Waals surface area contributed by atoms with Gasteiger partial charge in [-0.3, -0.25) is 24.0 Å². The van der Waals surface area contributed by atoms with Crippen LogP contribution in [0.3, 0.4) is 0 Å². The molecular formula is C83H131Cl8N7O16Pt4. The van der Waals surface area contributed by atoms with Crippen LogP contribution < -0.4 is 0 Å². The maximum absolute atomic E-state index is 11.0. The molecule has 0 heterocycles. The number of carbonyl (C=O) groups is 7. The average Bonchev–Trinajstić information content (AvgIpc) is 0.857. The van der Waals surface area contributed by atoms with Gasteiger partial charge in [0.05, 0.1) is 43.6 Å². The Hall–Kier alpha value is -3.68. The summed E-state index contributed by atoms with van der Waals surface area (Å²) < 4.78 is 0. The van der Waals surface area contributed by atoms with Crippen LogP contribution in [0.25, 0.3) is 42.6 Å². The van der Waals surface area contributed by atoms with Crippen LogP contribution in [-0.2, 0) is 89.9 Å². The van der Waals surface area contributed by atoms with Crippen molar-refractivity contribution in [2.75, 3.05) is 13.2 Å². The van der Waals surface area contributed by atoms with Crippen molar-refractivity contribution in [1.29, 1.82) is 0 Å². The Kier molecular flexibility index (Phi) is 117. The second-order valence-corrected chi connectivity index (χ2v) is 39.3. The van der Waals surface area contributed by atoms with Crippen molar-refractivity contribution in [1.82, 2.24) is 0 Å². The van der Waals surface area contributed by atoms with Crippen LogP contribution in [-0.4, -0.2) is 107 Å². The number of benzene rings is 6. The number of aliphatic hydroxyl groups is 2. The molecule has 22 N–H and O–H groups in total. The number of halogens is 8. The van der Waals surface area contributed by atoms with E-state index in [1.54, 1.807) is 38.1 Å². The first-order valence-corrected chi connectivity index (χ1v) is 58.6. The van der Waals surface area contributed by atoms with E-state index in [0.717, 1.165) is 76.6 Å². The summed E-state index contributed by atoms with van der Waals surface area (Å²) in [6.45, 7) is 21.2. The molecule has 23 nitrogen and oxygen atoms in total. The van der Waals surface area contributed by atoms with Gasteiger partial charge in [-0.1, -0.05) is 294 Å². The molecule has 6 aromatic carbocycles. The average molecular weight is 2550 g/mol. The molecule has 0 aromatic heterocycles. The minimum Gasteiger partial charge on any atom is -0.693 e. The van der Waals surface area contributed by atoms with Gasteiger partial charge in [-0.25, -0.2) is 9.59 Å². The Morgan fingerprint density at radius 1 is 0.398 bits per heavy atom. The number of carboxylic acids is 7. The molecule has 1 aliphatic carbocycles. The van der Waals surface area contributed by atoms with Crippen molar-refractivity contribution in [3.05, 3.63) is 263 Å². The van der Waals surface area contributed by atoms with Crippen molar-refractivity contribution in [3.8, 4) is 0 Å². The SMILES string of the molecule is CC(C)(C)CC(=O)O.CCCCCCCCCC(=O)O.CCCCCCCCCC(=O)O.Cc1ccc(C(=O)O)c(C)c1.Cc1ccc(C(=O)O)c(C)c1.O=C(O)CC(c1ccccc1)c1ccccc1.O=C(O)CC(c1ccccc1)c1ccccc1.OCCO.[CH2-][C@@H]1CCCC[C@H]1[NH-].[Cl][Pt+2][Cl].[Cl][Pt+2][Cl].[Cl][Pt+2][Cl].[Cl][Pt+2][Cl].[NH2-].[NH2-].[NH2-].[NH2-].[NH2-].[NH2-]. The van der Waals surface area contributed by atoms with E-state index in [1.807, 2.05) is 168 Å². The number of aliphatic carboxylic acids is 5. The standard InChI is InChI=1S/2C15H14O2.2C10H20O2.2C9H10O2.C7H13N.C6H12O2.C2H6O2.8ClH.6H2N.4Pt/c2*16-15(17)11-14(12-7-3-1-4-8-12)13-9-5-2-6-10-13;2*1-2-3-4-5-6-7-8-9-10(11)12;2*1-6-3-4-8(9(10)11)7(2)5-6;1-6-4-2-3-5-7(6)8;1-6(2,3)4-5(7)8;3-1-2-4;;;;;;;;;;;;;;;;;;/h2*1-10,14H,11H2,(H,16,17);2*2-9H2,1H3,(H,11,12);2*3-5H,1-2H3,(H,10,11);6-8H,1-5H2;4H2,1-3H3,(H,7,8);3-4H,1-2H2;8*1H;6*1H2;;;;/q;;;;;;-2;;;;;;;;;;;6*-1;4*+4/p-8/t;;;;;;6-,7-;;;;;;;;;;;;;;;;;;;;/m......1..................../s1. The minimum absolute atomic E-state index is 0. The van der Waals surface area contributed by atoms with Crippen molar-refractivity contribution < 1.29 is 145 Å². The van der Waals surface area contributed by atoms with Gasteiger partial charge in [0.15, 0.2) is 0 Å². The number of aromatic carboxylic acids is 2. The van der Waals surface area contributed by atoms with Crippen LogP contribution in [0, 0.1) is 46.0 Å². The number of rotatable bonds is 28. The molecule has 1 saturated carbocycles. The number of unbranched alkanes of at least 4 members (excludes halogenated alkanes) is 12. The van der Waals surface area contributed by atoms with E-state index in [2.05, 4.69) is 20.8 Å². The Bertz CT molecular complexity index is 3000. The van der Waals surface area contributed by atoms with Gasteiger partial charge in [0, 0.05) is 24.7 Å². The van der Waals surface area contributed by atoms with Gasteiger partial charge >= 0.3 is 183 Å². The van der Waals surface area contributed by atoms with Crippen LogP contribution in [0.1, 0.15) is 259 Å². The molecule has 0 amide bonds. The van der Waals surface area contributed by atoms with E-state index in [4.69, 9.17) is 127 Å². The molecule has 6 aromatic rings. The first-order chi connectivity index (χ1) is 53.1. The van der Waals surface area contributed by atoms with Gasteiger partial charge in [0.1, 0.15) is 0 Å². The van der Waals surface area contributed by atoms with Crippen LogP contribution in [0.5, 0.6) is 0 Å². The summed E-state index contributed by atoms with van der Waals surface area (Å²) in [6.07, 6.45) is 22.6. The maximum Gasteiger partial charge on any atom is -0.693 e. The van der Waals surface area contributed by atoms with Crippen LogP contribution in [0.2, 0.25) is 0 Å². The molecule has 0 saturated heterocycles.